The normalized spacial score (nSPS) is 19.7. The molecule has 2 N–H and O–H groups in total. The molecule has 1 aromatic carbocycles. The molecule has 2 atom stereocenters. The number of hydrogen-bond donors (Lipinski definition) is 2. The molecule has 0 aromatic heterocycles. The van der Waals surface area contributed by atoms with E-state index in [0.29, 0.717) is 22.4 Å². The molecule has 1 saturated heterocycles. The summed E-state index contributed by atoms with van der Waals surface area (Å²) < 4.78 is 0. The van der Waals surface area contributed by atoms with Gasteiger partial charge in [0.2, 0.25) is 5.91 Å². The van der Waals surface area contributed by atoms with Gasteiger partial charge >= 0.3 is 0 Å². The molecule has 0 bridgehead atoms. The van der Waals surface area contributed by atoms with Crippen LogP contribution in [0.25, 0.3) is 0 Å². The van der Waals surface area contributed by atoms with Crippen LogP contribution in [0.5, 0.6) is 0 Å². The Kier molecular flexibility index (Phi) is 7.00. The monoisotopic (exact) mass is 342 g/mol. The topological polar surface area (TPSA) is 41.1 Å². The van der Waals surface area contributed by atoms with Gasteiger partial charge in [-0.25, -0.2) is 0 Å². The fourth-order valence-electron chi connectivity index (χ4n) is 2.85. The zero-order valence-corrected chi connectivity index (χ0v) is 14.5. The molecule has 2 unspecified atom stereocenters. The van der Waals surface area contributed by atoms with Gasteiger partial charge in [0, 0.05) is 22.5 Å². The van der Waals surface area contributed by atoms with Crippen molar-refractivity contribution in [3.63, 3.8) is 0 Å². The van der Waals surface area contributed by atoms with Crippen LogP contribution in [0, 0.1) is 11.8 Å². The van der Waals surface area contributed by atoms with Gasteiger partial charge in [0.1, 0.15) is 0 Å². The van der Waals surface area contributed by atoms with Gasteiger partial charge in [0.25, 0.3) is 0 Å². The third-order valence-electron chi connectivity index (χ3n) is 4.24. The second-order valence-corrected chi connectivity index (χ2v) is 6.98. The van der Waals surface area contributed by atoms with E-state index < -0.39 is 0 Å². The van der Waals surface area contributed by atoms with Gasteiger partial charge in [-0.05, 0) is 62.4 Å². The lowest BCUT2D eigenvalue weighted by molar-refractivity contribution is -0.124. The molecule has 1 aliphatic rings. The van der Waals surface area contributed by atoms with Crippen molar-refractivity contribution in [1.29, 1.82) is 0 Å². The van der Waals surface area contributed by atoms with Gasteiger partial charge in [-0.1, -0.05) is 36.2 Å². The lowest BCUT2D eigenvalue weighted by Gasteiger charge is -2.23. The van der Waals surface area contributed by atoms with E-state index in [1.54, 1.807) is 6.07 Å². The van der Waals surface area contributed by atoms with Crippen molar-refractivity contribution in [2.45, 2.75) is 32.6 Å². The lowest BCUT2D eigenvalue weighted by Crippen LogP contribution is -2.35. The number of benzene rings is 1. The fraction of sp³-hybridized carbons (Fsp3) is 0.588. The Morgan fingerprint density at radius 3 is 2.95 bits per heavy atom. The van der Waals surface area contributed by atoms with Crippen LogP contribution >= 0.6 is 23.2 Å². The number of nitrogens with one attached hydrogen (secondary N) is 2. The van der Waals surface area contributed by atoms with Crippen molar-refractivity contribution in [3.8, 4) is 0 Å². The standard InChI is InChI=1S/C17H24Cl2N2O/c1-12(9-14-4-5-15(18)10-16(14)19)17(22)21-8-6-13-3-2-7-20-11-13/h4-5,10,12-13,20H,2-3,6-9,11H2,1H3,(H,21,22). The lowest BCUT2D eigenvalue weighted by atomic mass is 9.96. The van der Waals surface area contributed by atoms with Crippen LogP contribution in [0.1, 0.15) is 31.7 Å². The largest absolute Gasteiger partial charge is 0.356 e. The highest BCUT2D eigenvalue weighted by molar-refractivity contribution is 6.35. The quantitative estimate of drug-likeness (QED) is 0.827. The summed E-state index contributed by atoms with van der Waals surface area (Å²) in [7, 11) is 0. The fourth-order valence-corrected chi connectivity index (χ4v) is 3.34. The third kappa shape index (κ3) is 5.45. The highest BCUT2D eigenvalue weighted by Gasteiger charge is 2.17. The molecule has 1 aromatic rings. The van der Waals surface area contributed by atoms with Crippen LogP contribution < -0.4 is 10.6 Å². The van der Waals surface area contributed by atoms with Crippen molar-refractivity contribution in [2.75, 3.05) is 19.6 Å². The number of amides is 1. The van der Waals surface area contributed by atoms with E-state index in [2.05, 4.69) is 10.6 Å². The van der Waals surface area contributed by atoms with Gasteiger partial charge in [0.15, 0.2) is 0 Å². The first kappa shape index (κ1) is 17.6. The first-order valence-corrected chi connectivity index (χ1v) is 8.74. The van der Waals surface area contributed by atoms with E-state index in [-0.39, 0.29) is 11.8 Å². The predicted octanol–water partition coefficient (Wildman–Crippen LogP) is 3.68. The molecule has 1 amide bonds. The zero-order chi connectivity index (χ0) is 15.9. The highest BCUT2D eigenvalue weighted by Crippen LogP contribution is 2.23. The number of hydrogen-bond acceptors (Lipinski definition) is 2. The summed E-state index contributed by atoms with van der Waals surface area (Å²) in [5, 5.41) is 7.69. The predicted molar refractivity (Wildman–Crippen MR) is 92.6 cm³/mol. The van der Waals surface area contributed by atoms with Crippen LogP contribution in [0.3, 0.4) is 0 Å². The number of carbonyl (C=O) groups excluding carboxylic acids is 1. The molecule has 1 heterocycles. The highest BCUT2D eigenvalue weighted by atomic mass is 35.5. The van der Waals surface area contributed by atoms with Crippen LogP contribution in [0.4, 0.5) is 0 Å². The number of piperidine rings is 1. The summed E-state index contributed by atoms with van der Waals surface area (Å²) in [5.41, 5.74) is 0.963. The number of rotatable bonds is 6. The molecule has 1 aliphatic heterocycles. The van der Waals surface area contributed by atoms with Gasteiger partial charge in [-0.3, -0.25) is 4.79 Å². The molecular formula is C17H24Cl2N2O. The molecule has 0 aliphatic carbocycles. The summed E-state index contributed by atoms with van der Waals surface area (Å²) >= 11 is 12.1. The van der Waals surface area contributed by atoms with E-state index in [9.17, 15) is 4.79 Å². The smallest absolute Gasteiger partial charge is 0.223 e. The average Bonchev–Trinajstić information content (AvgIpc) is 2.51. The first-order valence-electron chi connectivity index (χ1n) is 7.98. The molecule has 0 spiro atoms. The minimum absolute atomic E-state index is 0.0924. The molecule has 2 rings (SSSR count). The Balaban J connectivity index is 1.74. The molecule has 22 heavy (non-hydrogen) atoms. The Morgan fingerprint density at radius 2 is 2.27 bits per heavy atom. The Labute approximate surface area is 142 Å². The second-order valence-electron chi connectivity index (χ2n) is 6.13. The zero-order valence-electron chi connectivity index (χ0n) is 13.0. The molecule has 0 radical (unpaired) electrons. The molecule has 0 saturated carbocycles. The number of carbonyl (C=O) groups is 1. The van der Waals surface area contributed by atoms with Crippen molar-refractivity contribution in [1.82, 2.24) is 10.6 Å². The van der Waals surface area contributed by atoms with Gasteiger partial charge in [0.05, 0.1) is 0 Å². The van der Waals surface area contributed by atoms with E-state index >= 15 is 0 Å². The van der Waals surface area contributed by atoms with Crippen LogP contribution in [-0.2, 0) is 11.2 Å². The summed E-state index contributed by atoms with van der Waals surface area (Å²) in [4.78, 5) is 12.2. The van der Waals surface area contributed by atoms with Crippen molar-refractivity contribution >= 4 is 29.1 Å². The van der Waals surface area contributed by atoms with Gasteiger partial charge < -0.3 is 10.6 Å². The van der Waals surface area contributed by atoms with Gasteiger partial charge in [-0.2, -0.15) is 0 Å². The maximum atomic E-state index is 12.2. The molecule has 3 nitrogen and oxygen atoms in total. The molecule has 1 fully saturated rings. The molecule has 122 valence electrons. The molecular weight excluding hydrogens is 319 g/mol. The van der Waals surface area contributed by atoms with Gasteiger partial charge in [-0.15, -0.1) is 0 Å². The average molecular weight is 343 g/mol. The Bertz CT molecular complexity index is 501. The van der Waals surface area contributed by atoms with Crippen molar-refractivity contribution in [2.24, 2.45) is 11.8 Å². The maximum absolute atomic E-state index is 12.2. The van der Waals surface area contributed by atoms with Crippen LogP contribution in [0.15, 0.2) is 18.2 Å². The number of halogens is 2. The minimum atomic E-state index is -0.0943. The van der Waals surface area contributed by atoms with Crippen molar-refractivity contribution in [3.05, 3.63) is 33.8 Å². The van der Waals surface area contributed by atoms with Crippen LogP contribution in [0.2, 0.25) is 10.0 Å². The van der Waals surface area contributed by atoms with E-state index in [4.69, 9.17) is 23.2 Å². The summed E-state index contributed by atoms with van der Waals surface area (Å²) in [6.45, 7) is 4.89. The Hall–Kier alpha value is -0.770. The SMILES string of the molecule is CC(Cc1ccc(Cl)cc1Cl)C(=O)NCCC1CCCNC1. The van der Waals surface area contributed by atoms with E-state index in [0.717, 1.165) is 31.6 Å². The second kappa shape index (κ2) is 8.76. The summed E-state index contributed by atoms with van der Waals surface area (Å²) in [6.07, 6.45) is 4.18. The third-order valence-corrected chi connectivity index (χ3v) is 4.83. The van der Waals surface area contributed by atoms with E-state index in [1.807, 2.05) is 19.1 Å². The minimum Gasteiger partial charge on any atom is -0.356 e. The molecule has 5 heteroatoms. The maximum Gasteiger partial charge on any atom is 0.223 e. The first-order chi connectivity index (χ1) is 10.6. The summed E-state index contributed by atoms with van der Waals surface area (Å²) in [6, 6.07) is 5.42. The summed E-state index contributed by atoms with van der Waals surface area (Å²) in [5.74, 6) is 0.688. The Morgan fingerprint density at radius 1 is 1.45 bits per heavy atom. The van der Waals surface area contributed by atoms with Crippen LogP contribution in [-0.4, -0.2) is 25.5 Å². The van der Waals surface area contributed by atoms with E-state index in [1.165, 1.54) is 12.8 Å². The van der Waals surface area contributed by atoms with Crippen molar-refractivity contribution < 1.29 is 4.79 Å².